The fraction of sp³-hybridized carbons (Fsp3) is 0.333. The molecule has 1 amide bonds. The topological polar surface area (TPSA) is 107 Å². The van der Waals surface area contributed by atoms with Crippen LogP contribution in [0.3, 0.4) is 0 Å². The lowest BCUT2D eigenvalue weighted by Gasteiger charge is -1.80. The van der Waals surface area contributed by atoms with Crippen LogP contribution in [0.2, 0.25) is 0 Å². The van der Waals surface area contributed by atoms with Crippen molar-refractivity contribution in [1.29, 1.82) is 0 Å². The molecule has 0 atom stereocenters. The number of amides is 1. The van der Waals surface area contributed by atoms with Gasteiger partial charge in [-0.05, 0) is 0 Å². The molecule has 0 unspecified atom stereocenters. The number of hydrogen-bond donors (Lipinski definition) is 5. The average Bonchev–Trinajstić information content (AvgIpc) is 1.65. The van der Waals surface area contributed by atoms with E-state index >= 15 is 0 Å². The standard InChI is InChI=1S/C2H6N2O.CH2OS2.H3N/c1-2(5)4-3;2-1(3)4;/h3H2,1H3,(H,4,5);(H2,2,3,4);1H3. The van der Waals surface area contributed by atoms with Crippen LogP contribution in [0.1, 0.15) is 6.92 Å². The Balaban J connectivity index is -0.0000000910. The maximum atomic E-state index is 9.58. The molecule has 0 aromatic carbocycles. The summed E-state index contributed by atoms with van der Waals surface area (Å²) >= 11 is 6.38. The zero-order chi connectivity index (χ0) is 7.86. The second kappa shape index (κ2) is 11.5. The van der Waals surface area contributed by atoms with Crippen LogP contribution < -0.4 is 17.4 Å². The molecule has 0 rings (SSSR count). The molecule has 0 spiro atoms. The summed E-state index contributed by atoms with van der Waals surface area (Å²) in [5, 5.41) is 0. The molecule has 0 aliphatic rings. The maximum absolute atomic E-state index is 9.58. The van der Waals surface area contributed by atoms with Gasteiger partial charge in [0.1, 0.15) is 0 Å². The second-order valence-electron chi connectivity index (χ2n) is 0.983. The van der Waals surface area contributed by atoms with E-state index in [1.165, 1.54) is 6.92 Å². The van der Waals surface area contributed by atoms with E-state index in [-0.39, 0.29) is 12.1 Å². The molecule has 0 fully saturated rings. The Hall–Kier alpha value is -0.240. The molecule has 10 heavy (non-hydrogen) atoms. The number of rotatable bonds is 0. The number of nitrogens with one attached hydrogen (secondary N) is 1. The molecule has 6 N–H and O–H groups in total. The minimum atomic E-state index is -0.444. The molecule has 0 aromatic heterocycles. The molecular weight excluding hydrogens is 174 g/mol. The monoisotopic (exact) mass is 185 g/mol. The molecule has 62 valence electrons. The van der Waals surface area contributed by atoms with Gasteiger partial charge < -0.3 is 6.15 Å². The van der Waals surface area contributed by atoms with Crippen LogP contribution in [0.5, 0.6) is 0 Å². The number of hydrogen-bond acceptors (Lipinski definition) is 4. The van der Waals surface area contributed by atoms with Crippen molar-refractivity contribution in [2.24, 2.45) is 5.84 Å². The summed E-state index contributed by atoms with van der Waals surface area (Å²) in [6.07, 6.45) is 0. The molecular formula is C3H11N3O2S2. The van der Waals surface area contributed by atoms with Crippen molar-refractivity contribution >= 4 is 35.6 Å². The van der Waals surface area contributed by atoms with E-state index in [2.05, 4.69) is 31.1 Å². The van der Waals surface area contributed by atoms with E-state index in [0.29, 0.717) is 0 Å². The van der Waals surface area contributed by atoms with Crippen LogP contribution in [0.4, 0.5) is 4.79 Å². The Morgan fingerprint density at radius 3 is 1.50 bits per heavy atom. The number of hydrazine groups is 1. The number of carbonyl (C=O) groups excluding carboxylic acids is 2. The second-order valence-corrected chi connectivity index (χ2v) is 2.15. The van der Waals surface area contributed by atoms with Gasteiger partial charge in [0.15, 0.2) is 0 Å². The summed E-state index contributed by atoms with van der Waals surface area (Å²) < 4.78 is -0.444. The molecule has 0 aliphatic heterocycles. The normalized spacial score (nSPS) is 6.00. The summed E-state index contributed by atoms with van der Waals surface area (Å²) in [5.74, 6) is 4.35. The third kappa shape index (κ3) is 114. The summed E-state index contributed by atoms with van der Waals surface area (Å²) in [4.78, 5) is 18.7. The highest BCUT2D eigenvalue weighted by atomic mass is 32.2. The lowest BCUT2D eigenvalue weighted by molar-refractivity contribution is -0.119. The van der Waals surface area contributed by atoms with Gasteiger partial charge in [0.2, 0.25) is 10.4 Å². The molecule has 0 saturated carbocycles. The smallest absolute Gasteiger partial charge is 0.239 e. The van der Waals surface area contributed by atoms with Crippen LogP contribution in [-0.2, 0) is 4.79 Å². The highest BCUT2D eigenvalue weighted by Crippen LogP contribution is 1.81. The molecule has 0 bridgehead atoms. The van der Waals surface area contributed by atoms with Gasteiger partial charge in [0, 0.05) is 6.92 Å². The Labute approximate surface area is 70.1 Å². The van der Waals surface area contributed by atoms with E-state index in [1.54, 1.807) is 0 Å². The molecule has 5 nitrogen and oxygen atoms in total. The van der Waals surface area contributed by atoms with Crippen molar-refractivity contribution in [3.8, 4) is 0 Å². The van der Waals surface area contributed by atoms with Gasteiger partial charge >= 0.3 is 0 Å². The number of thiol groups is 2. The molecule has 0 heterocycles. The first-order chi connectivity index (χ1) is 4.00. The Morgan fingerprint density at radius 2 is 1.50 bits per heavy atom. The van der Waals surface area contributed by atoms with Crippen LogP contribution in [0, 0.1) is 0 Å². The van der Waals surface area contributed by atoms with Gasteiger partial charge in [-0.1, -0.05) is 25.3 Å². The van der Waals surface area contributed by atoms with Crippen molar-refractivity contribution < 1.29 is 9.59 Å². The lowest BCUT2D eigenvalue weighted by Crippen LogP contribution is -2.26. The maximum Gasteiger partial charge on any atom is 0.239 e. The van der Waals surface area contributed by atoms with Gasteiger partial charge in [0.05, 0.1) is 0 Å². The Kier molecular flexibility index (Phi) is 18.9. The minimum absolute atomic E-state index is 0. The SMILES string of the molecule is CC(=O)NN.N.O=C(S)S. The summed E-state index contributed by atoms with van der Waals surface area (Å²) in [6, 6.07) is 0. The van der Waals surface area contributed by atoms with Gasteiger partial charge in [-0.15, -0.1) is 0 Å². The van der Waals surface area contributed by atoms with E-state index in [9.17, 15) is 9.59 Å². The third-order valence-electron chi connectivity index (χ3n) is 0.203. The Bertz CT molecular complexity index is 104. The summed E-state index contributed by atoms with van der Waals surface area (Å²) in [7, 11) is 0. The zero-order valence-corrected chi connectivity index (χ0v) is 7.28. The Morgan fingerprint density at radius 1 is 1.40 bits per heavy atom. The van der Waals surface area contributed by atoms with Crippen molar-refractivity contribution in [3.05, 3.63) is 0 Å². The van der Waals surface area contributed by atoms with Gasteiger partial charge in [-0.3, -0.25) is 15.0 Å². The molecule has 0 radical (unpaired) electrons. The lowest BCUT2D eigenvalue weighted by atomic mass is 10.8. The van der Waals surface area contributed by atoms with Crippen molar-refractivity contribution in [3.63, 3.8) is 0 Å². The molecule has 0 aromatic rings. The van der Waals surface area contributed by atoms with Gasteiger partial charge in [-0.25, -0.2) is 5.84 Å². The largest absolute Gasteiger partial charge is 0.344 e. The van der Waals surface area contributed by atoms with Crippen molar-refractivity contribution in [1.82, 2.24) is 11.6 Å². The predicted molar refractivity (Wildman–Crippen MR) is 46.4 cm³/mol. The average molecular weight is 185 g/mol. The first-order valence-electron chi connectivity index (χ1n) is 1.89. The molecule has 0 saturated heterocycles. The van der Waals surface area contributed by atoms with E-state index in [4.69, 9.17) is 0 Å². The first-order valence-corrected chi connectivity index (χ1v) is 2.79. The van der Waals surface area contributed by atoms with Crippen molar-refractivity contribution in [2.45, 2.75) is 6.92 Å². The first kappa shape index (κ1) is 16.4. The predicted octanol–water partition coefficient (Wildman–Crippen LogP) is 0.124. The number of nitrogens with two attached hydrogens (primary N) is 1. The van der Waals surface area contributed by atoms with Gasteiger partial charge in [0.25, 0.3) is 0 Å². The minimum Gasteiger partial charge on any atom is -0.344 e. The molecule has 7 heteroatoms. The fourth-order valence-electron chi connectivity index (χ4n) is 0. The van der Waals surface area contributed by atoms with Crippen molar-refractivity contribution in [2.75, 3.05) is 0 Å². The highest BCUT2D eigenvalue weighted by Gasteiger charge is 1.73. The van der Waals surface area contributed by atoms with Crippen LogP contribution in [-0.4, -0.2) is 10.4 Å². The number of carbonyl (C=O) groups is 2. The highest BCUT2D eigenvalue weighted by molar-refractivity contribution is 8.23. The quantitative estimate of drug-likeness (QED) is 0.160. The van der Waals surface area contributed by atoms with E-state index < -0.39 is 4.45 Å². The van der Waals surface area contributed by atoms with Crippen LogP contribution >= 0.6 is 25.3 Å². The summed E-state index contributed by atoms with van der Waals surface area (Å²) in [5.41, 5.74) is 1.89. The molecule has 0 aliphatic carbocycles. The third-order valence-corrected chi connectivity index (χ3v) is 0.203. The van der Waals surface area contributed by atoms with E-state index in [1.807, 2.05) is 5.43 Å². The van der Waals surface area contributed by atoms with Gasteiger partial charge in [-0.2, -0.15) is 0 Å². The van der Waals surface area contributed by atoms with E-state index in [0.717, 1.165) is 0 Å². The zero-order valence-electron chi connectivity index (χ0n) is 5.50. The van der Waals surface area contributed by atoms with Crippen LogP contribution in [0.15, 0.2) is 0 Å². The van der Waals surface area contributed by atoms with Crippen LogP contribution in [0.25, 0.3) is 0 Å². The summed E-state index contributed by atoms with van der Waals surface area (Å²) in [6.45, 7) is 1.35. The fourth-order valence-corrected chi connectivity index (χ4v) is 0.